The number of hydrogen-bond donors (Lipinski definition) is 1. The van der Waals surface area contributed by atoms with Crippen molar-refractivity contribution >= 4 is 17.8 Å². The van der Waals surface area contributed by atoms with Crippen LogP contribution in [0.2, 0.25) is 0 Å². The van der Waals surface area contributed by atoms with Crippen LogP contribution in [0.3, 0.4) is 0 Å². The maximum Gasteiger partial charge on any atom is 0.305 e. The summed E-state index contributed by atoms with van der Waals surface area (Å²) in [7, 11) is 0. The van der Waals surface area contributed by atoms with Gasteiger partial charge in [0.15, 0.2) is 0 Å². The summed E-state index contributed by atoms with van der Waals surface area (Å²) in [5, 5.41) is 8.84. The van der Waals surface area contributed by atoms with Crippen LogP contribution < -0.4 is 0 Å². The third-order valence-corrected chi connectivity index (χ3v) is 3.00. The molecule has 96 valence electrons. The summed E-state index contributed by atoms with van der Waals surface area (Å²) in [6.45, 7) is 5.46. The minimum absolute atomic E-state index is 0.0876. The van der Waals surface area contributed by atoms with Crippen molar-refractivity contribution in [1.29, 1.82) is 0 Å². The van der Waals surface area contributed by atoms with E-state index >= 15 is 0 Å². The molecule has 2 atom stereocenters. The van der Waals surface area contributed by atoms with Crippen molar-refractivity contribution in [2.75, 3.05) is 13.1 Å². The summed E-state index contributed by atoms with van der Waals surface area (Å²) in [6, 6.07) is -0.577. The van der Waals surface area contributed by atoms with Gasteiger partial charge in [0.25, 0.3) is 0 Å². The normalized spacial score (nSPS) is 24.6. The molecule has 0 aliphatic carbocycles. The maximum atomic E-state index is 11.5. The lowest BCUT2D eigenvalue weighted by molar-refractivity contribution is -0.149. The van der Waals surface area contributed by atoms with Gasteiger partial charge in [-0.15, -0.1) is 0 Å². The van der Waals surface area contributed by atoms with Gasteiger partial charge in [0.2, 0.25) is 11.8 Å². The molecule has 0 spiro atoms. The number of carbonyl (C=O) groups excluding carboxylic acids is 2. The van der Waals surface area contributed by atoms with Gasteiger partial charge < -0.3 is 14.9 Å². The first-order valence-corrected chi connectivity index (χ1v) is 5.59. The second-order valence-corrected chi connectivity index (χ2v) is 4.45. The molecule has 1 heterocycles. The predicted molar refractivity (Wildman–Crippen MR) is 60.3 cm³/mol. The number of piperazine rings is 1. The standard InChI is InChI=1S/C11H18N2O4/c1-7-5-12(8(2)14)6-10(4-11(16)17)13(7)9(3)15/h7,10H,4-6H2,1-3H3,(H,16,17)/t7-,10-/m0/s1. The Hall–Kier alpha value is -1.59. The van der Waals surface area contributed by atoms with Crippen LogP contribution in [-0.2, 0) is 14.4 Å². The summed E-state index contributed by atoms with van der Waals surface area (Å²) in [4.78, 5) is 36.8. The summed E-state index contributed by atoms with van der Waals surface area (Å²) in [5.41, 5.74) is 0. The highest BCUT2D eigenvalue weighted by molar-refractivity contribution is 5.77. The summed E-state index contributed by atoms with van der Waals surface area (Å²) >= 11 is 0. The molecule has 0 aromatic rings. The van der Waals surface area contributed by atoms with Gasteiger partial charge in [-0.2, -0.15) is 0 Å². The molecule has 6 nitrogen and oxygen atoms in total. The molecule has 0 radical (unpaired) electrons. The van der Waals surface area contributed by atoms with Crippen molar-refractivity contribution in [2.24, 2.45) is 0 Å². The highest BCUT2D eigenvalue weighted by Crippen LogP contribution is 2.18. The highest BCUT2D eigenvalue weighted by atomic mass is 16.4. The van der Waals surface area contributed by atoms with Gasteiger partial charge in [0, 0.05) is 33.0 Å². The number of carboxylic acid groups (broad SMARTS) is 1. The van der Waals surface area contributed by atoms with Crippen molar-refractivity contribution < 1.29 is 19.5 Å². The Bertz CT molecular complexity index is 342. The molecule has 1 saturated heterocycles. The summed E-state index contributed by atoms with van der Waals surface area (Å²) in [5.74, 6) is -1.19. The molecule has 1 fully saturated rings. The van der Waals surface area contributed by atoms with Crippen LogP contribution in [-0.4, -0.2) is 57.9 Å². The van der Waals surface area contributed by atoms with Gasteiger partial charge >= 0.3 is 5.97 Å². The van der Waals surface area contributed by atoms with E-state index in [-0.39, 0.29) is 24.3 Å². The predicted octanol–water partition coefficient (Wildman–Crippen LogP) is -0.0712. The molecule has 6 heteroatoms. The van der Waals surface area contributed by atoms with Gasteiger partial charge in [-0.25, -0.2) is 0 Å². The largest absolute Gasteiger partial charge is 0.481 e. The van der Waals surface area contributed by atoms with Crippen LogP contribution >= 0.6 is 0 Å². The SMILES string of the molecule is CC(=O)N1C[C@H](CC(=O)O)N(C(C)=O)[C@@H](C)C1. The molecule has 1 aliphatic heterocycles. The number of carboxylic acids is 1. The number of rotatable bonds is 2. The molecular weight excluding hydrogens is 224 g/mol. The number of aliphatic carboxylic acids is 1. The van der Waals surface area contributed by atoms with Crippen molar-refractivity contribution in [2.45, 2.75) is 39.3 Å². The quantitative estimate of drug-likeness (QED) is 0.735. The topological polar surface area (TPSA) is 77.9 Å². The molecule has 0 aromatic heterocycles. The fourth-order valence-corrected chi connectivity index (χ4v) is 2.37. The summed E-state index contributed by atoms with van der Waals surface area (Å²) < 4.78 is 0. The number of carbonyl (C=O) groups is 3. The fraction of sp³-hybridized carbons (Fsp3) is 0.727. The highest BCUT2D eigenvalue weighted by Gasteiger charge is 2.35. The molecule has 0 bridgehead atoms. The summed E-state index contributed by atoms with van der Waals surface area (Å²) in [6.07, 6.45) is -0.131. The van der Waals surface area contributed by atoms with E-state index in [1.807, 2.05) is 6.92 Å². The average molecular weight is 242 g/mol. The first kappa shape index (κ1) is 13.5. The van der Waals surface area contributed by atoms with Gasteiger partial charge in [-0.05, 0) is 6.92 Å². The van der Waals surface area contributed by atoms with E-state index < -0.39 is 12.0 Å². The molecule has 1 rings (SSSR count). The fourth-order valence-electron chi connectivity index (χ4n) is 2.37. The lowest BCUT2D eigenvalue weighted by atomic mass is 10.0. The van der Waals surface area contributed by atoms with Crippen LogP contribution in [0.15, 0.2) is 0 Å². The Balaban J connectivity index is 2.87. The van der Waals surface area contributed by atoms with Gasteiger partial charge in [0.1, 0.15) is 0 Å². The van der Waals surface area contributed by atoms with Gasteiger partial charge in [0.05, 0.1) is 12.5 Å². The van der Waals surface area contributed by atoms with Crippen molar-refractivity contribution in [3.8, 4) is 0 Å². The first-order valence-electron chi connectivity index (χ1n) is 5.59. The Morgan fingerprint density at radius 2 is 1.76 bits per heavy atom. The van der Waals surface area contributed by atoms with Crippen LogP contribution in [0.25, 0.3) is 0 Å². The Morgan fingerprint density at radius 3 is 2.18 bits per heavy atom. The smallest absolute Gasteiger partial charge is 0.305 e. The molecule has 0 saturated carbocycles. The van der Waals surface area contributed by atoms with E-state index in [9.17, 15) is 14.4 Å². The zero-order valence-electron chi connectivity index (χ0n) is 10.3. The van der Waals surface area contributed by atoms with E-state index in [0.717, 1.165) is 0 Å². The molecule has 17 heavy (non-hydrogen) atoms. The van der Waals surface area contributed by atoms with E-state index in [1.165, 1.54) is 13.8 Å². The van der Waals surface area contributed by atoms with Crippen molar-refractivity contribution in [3.05, 3.63) is 0 Å². The first-order chi connectivity index (χ1) is 7.82. The monoisotopic (exact) mass is 242 g/mol. The van der Waals surface area contributed by atoms with Crippen LogP contribution in [0.5, 0.6) is 0 Å². The van der Waals surface area contributed by atoms with E-state index in [4.69, 9.17) is 5.11 Å². The van der Waals surface area contributed by atoms with Gasteiger partial charge in [-0.3, -0.25) is 14.4 Å². The third kappa shape index (κ3) is 3.18. The molecule has 2 amide bonds. The third-order valence-electron chi connectivity index (χ3n) is 3.00. The lowest BCUT2D eigenvalue weighted by Crippen LogP contribution is -2.60. The minimum Gasteiger partial charge on any atom is -0.481 e. The average Bonchev–Trinajstić information content (AvgIpc) is 2.14. The Morgan fingerprint density at radius 1 is 1.18 bits per heavy atom. The van der Waals surface area contributed by atoms with Crippen molar-refractivity contribution in [3.63, 3.8) is 0 Å². The number of nitrogens with zero attached hydrogens (tertiary/aromatic N) is 2. The van der Waals surface area contributed by atoms with Crippen molar-refractivity contribution in [1.82, 2.24) is 9.80 Å². The lowest BCUT2D eigenvalue weighted by Gasteiger charge is -2.44. The second kappa shape index (κ2) is 5.16. The zero-order chi connectivity index (χ0) is 13.2. The van der Waals surface area contributed by atoms with E-state index in [2.05, 4.69) is 0 Å². The van der Waals surface area contributed by atoms with E-state index in [0.29, 0.717) is 13.1 Å². The molecular formula is C11H18N2O4. The molecule has 1 aliphatic rings. The van der Waals surface area contributed by atoms with Crippen LogP contribution in [0, 0.1) is 0 Å². The van der Waals surface area contributed by atoms with Crippen LogP contribution in [0.4, 0.5) is 0 Å². The Kier molecular flexibility index (Phi) is 4.09. The molecule has 0 unspecified atom stereocenters. The second-order valence-electron chi connectivity index (χ2n) is 4.45. The number of hydrogen-bond acceptors (Lipinski definition) is 3. The zero-order valence-corrected chi connectivity index (χ0v) is 10.3. The molecule has 1 N–H and O–H groups in total. The number of amides is 2. The van der Waals surface area contributed by atoms with E-state index in [1.54, 1.807) is 9.80 Å². The maximum absolute atomic E-state index is 11.5. The molecule has 0 aromatic carbocycles. The minimum atomic E-state index is -0.959. The Labute approximate surface area is 100 Å². The van der Waals surface area contributed by atoms with Gasteiger partial charge in [-0.1, -0.05) is 0 Å². The van der Waals surface area contributed by atoms with Crippen LogP contribution in [0.1, 0.15) is 27.2 Å².